The summed E-state index contributed by atoms with van der Waals surface area (Å²) in [5, 5.41) is 33.6. The number of carbonyl (C=O) groups excluding carboxylic acids is 3. The number of aliphatic carboxylic acids is 2. The number of carboxylic acids is 2. The number of hydrogen-bond donors (Lipinski definition) is 8. The van der Waals surface area contributed by atoms with Crippen LogP contribution in [0.4, 0.5) is 0 Å². The smallest absolute Gasteiger partial charge is 0.328 e. The van der Waals surface area contributed by atoms with E-state index in [-0.39, 0.29) is 0 Å². The van der Waals surface area contributed by atoms with Gasteiger partial charge in [0.15, 0.2) is 0 Å². The maximum Gasteiger partial charge on any atom is 0.328 e. The predicted octanol–water partition coefficient (Wildman–Crippen LogP) is -2.90. The summed E-state index contributed by atoms with van der Waals surface area (Å²) < 4.78 is 0. The second-order valence-corrected chi connectivity index (χ2v) is 7.36. The van der Waals surface area contributed by atoms with Crippen LogP contribution in [0.5, 0.6) is 0 Å². The molecule has 13 heteroatoms. The van der Waals surface area contributed by atoms with E-state index in [1.54, 1.807) is 13.8 Å². The molecular weight excluding hydrogens is 414 g/mol. The summed E-state index contributed by atoms with van der Waals surface area (Å²) in [6.07, 6.45) is 0.830. The number of carboxylic acid groups (broad SMARTS) is 2. The van der Waals surface area contributed by atoms with Crippen LogP contribution in [0.25, 0.3) is 0 Å². The molecule has 3 amide bonds. The molecule has 178 valence electrons. The van der Waals surface area contributed by atoms with Crippen LogP contribution in [0.2, 0.25) is 0 Å². The Kier molecular flexibility index (Phi) is 13.0. The number of rotatable bonds is 15. The molecule has 0 radical (unpaired) electrons. The average molecular weight is 447 g/mol. The lowest BCUT2D eigenvalue weighted by Gasteiger charge is -2.26. The lowest BCUT2D eigenvalue weighted by molar-refractivity contribution is -0.144. The molecule has 4 unspecified atom stereocenters. The maximum atomic E-state index is 12.7. The molecule has 0 aromatic rings. The lowest BCUT2D eigenvalue weighted by Crippen LogP contribution is -2.59. The van der Waals surface area contributed by atoms with Crippen molar-refractivity contribution in [3.8, 4) is 0 Å². The highest BCUT2D eigenvalue weighted by molar-refractivity contribution is 5.95. The third kappa shape index (κ3) is 10.7. The Hall–Kier alpha value is -2.77. The summed E-state index contributed by atoms with van der Waals surface area (Å²) >= 11 is 0. The molecule has 0 aliphatic carbocycles. The first-order chi connectivity index (χ1) is 14.4. The van der Waals surface area contributed by atoms with Gasteiger partial charge >= 0.3 is 11.9 Å². The lowest BCUT2D eigenvalue weighted by atomic mass is 10.0. The van der Waals surface area contributed by atoms with Gasteiger partial charge in [0.1, 0.15) is 18.1 Å². The van der Waals surface area contributed by atoms with Crippen molar-refractivity contribution in [1.82, 2.24) is 16.0 Å². The number of aliphatic hydroxyl groups is 1. The zero-order valence-electron chi connectivity index (χ0n) is 17.7. The quantitative estimate of drug-likeness (QED) is 0.119. The van der Waals surface area contributed by atoms with Crippen LogP contribution in [0.3, 0.4) is 0 Å². The van der Waals surface area contributed by atoms with E-state index in [0.29, 0.717) is 25.8 Å². The molecule has 0 aliphatic rings. The highest BCUT2D eigenvalue weighted by atomic mass is 16.4. The van der Waals surface area contributed by atoms with Crippen LogP contribution in [0, 0.1) is 5.92 Å². The molecule has 0 rings (SSSR count). The van der Waals surface area contributed by atoms with Gasteiger partial charge in [-0.1, -0.05) is 20.3 Å². The molecule has 0 saturated heterocycles. The first-order valence-corrected chi connectivity index (χ1v) is 9.86. The van der Waals surface area contributed by atoms with Gasteiger partial charge in [0, 0.05) is 0 Å². The van der Waals surface area contributed by atoms with Gasteiger partial charge in [-0.3, -0.25) is 19.2 Å². The van der Waals surface area contributed by atoms with Gasteiger partial charge in [0.05, 0.1) is 19.1 Å². The van der Waals surface area contributed by atoms with Crippen molar-refractivity contribution in [1.29, 1.82) is 0 Å². The Labute approximate surface area is 179 Å². The average Bonchev–Trinajstić information content (AvgIpc) is 2.68. The second kappa shape index (κ2) is 14.3. The SMILES string of the molecule is CC(C)C(NC(=O)C(N)CCCCN)C(=O)NC(CC(=O)O)C(=O)NC(CO)C(=O)O. The minimum absolute atomic E-state index is 0.358. The van der Waals surface area contributed by atoms with E-state index in [4.69, 9.17) is 26.8 Å². The Balaban J connectivity index is 5.26. The molecule has 0 aromatic heterocycles. The van der Waals surface area contributed by atoms with Crippen LogP contribution in [0.1, 0.15) is 39.5 Å². The number of aliphatic hydroxyl groups excluding tert-OH is 1. The number of nitrogens with two attached hydrogens (primary N) is 2. The van der Waals surface area contributed by atoms with Crippen molar-refractivity contribution < 1.29 is 39.3 Å². The Bertz CT molecular complexity index is 642. The van der Waals surface area contributed by atoms with Crippen LogP contribution < -0.4 is 27.4 Å². The van der Waals surface area contributed by atoms with E-state index in [0.717, 1.165) is 0 Å². The molecule has 0 spiro atoms. The summed E-state index contributed by atoms with van der Waals surface area (Å²) in [5.41, 5.74) is 11.2. The van der Waals surface area contributed by atoms with E-state index >= 15 is 0 Å². The number of amides is 3. The fourth-order valence-electron chi connectivity index (χ4n) is 2.54. The Morgan fingerprint density at radius 3 is 1.90 bits per heavy atom. The third-order valence-electron chi connectivity index (χ3n) is 4.36. The van der Waals surface area contributed by atoms with Crippen molar-refractivity contribution in [3.05, 3.63) is 0 Å². The number of carbonyl (C=O) groups is 5. The first kappa shape index (κ1) is 28.2. The monoisotopic (exact) mass is 447 g/mol. The molecule has 0 aromatic carbocycles. The summed E-state index contributed by atoms with van der Waals surface area (Å²) in [4.78, 5) is 59.3. The molecule has 10 N–H and O–H groups in total. The normalized spacial score (nSPS) is 14.8. The molecule has 0 bridgehead atoms. The molecule has 0 fully saturated rings. The number of hydrogen-bond acceptors (Lipinski definition) is 8. The van der Waals surface area contributed by atoms with Gasteiger partial charge in [-0.15, -0.1) is 0 Å². The minimum atomic E-state index is -1.67. The van der Waals surface area contributed by atoms with Gasteiger partial charge in [-0.25, -0.2) is 4.79 Å². The van der Waals surface area contributed by atoms with E-state index in [1.165, 1.54) is 0 Å². The van der Waals surface area contributed by atoms with E-state index in [2.05, 4.69) is 10.6 Å². The standard InChI is InChI=1S/C18H33N5O8/c1-9(2)14(23-15(27)10(20)5-3-4-6-19)17(29)21-11(7-13(25)26)16(28)22-12(8-24)18(30)31/h9-12,14,24H,3-8,19-20H2,1-2H3,(H,21,29)(H,22,28)(H,23,27)(H,25,26)(H,30,31). The molecule has 31 heavy (non-hydrogen) atoms. The zero-order valence-corrected chi connectivity index (χ0v) is 17.7. The first-order valence-electron chi connectivity index (χ1n) is 9.86. The third-order valence-corrected chi connectivity index (χ3v) is 4.36. The topological polar surface area (TPSA) is 234 Å². The van der Waals surface area contributed by atoms with Gasteiger partial charge in [-0.2, -0.15) is 0 Å². The molecule has 0 saturated carbocycles. The summed E-state index contributed by atoms with van der Waals surface area (Å²) in [6, 6.07) is -5.30. The van der Waals surface area contributed by atoms with Gasteiger partial charge in [0.2, 0.25) is 17.7 Å². The highest BCUT2D eigenvalue weighted by Crippen LogP contribution is 2.06. The Morgan fingerprint density at radius 2 is 1.45 bits per heavy atom. The largest absolute Gasteiger partial charge is 0.481 e. The second-order valence-electron chi connectivity index (χ2n) is 7.36. The molecule has 13 nitrogen and oxygen atoms in total. The summed E-state index contributed by atoms with van der Waals surface area (Å²) in [5.74, 6) is -5.93. The van der Waals surface area contributed by atoms with E-state index in [9.17, 15) is 24.0 Å². The van der Waals surface area contributed by atoms with Crippen molar-refractivity contribution in [2.75, 3.05) is 13.2 Å². The van der Waals surface area contributed by atoms with Crippen molar-refractivity contribution in [2.45, 2.75) is 63.7 Å². The van der Waals surface area contributed by atoms with Gasteiger partial charge < -0.3 is 42.7 Å². The molecule has 4 atom stereocenters. The summed E-state index contributed by atoms with van der Waals surface area (Å²) in [7, 11) is 0. The highest BCUT2D eigenvalue weighted by Gasteiger charge is 2.32. The van der Waals surface area contributed by atoms with E-state index < -0.39 is 72.8 Å². The van der Waals surface area contributed by atoms with Crippen molar-refractivity contribution >= 4 is 29.7 Å². The van der Waals surface area contributed by atoms with Crippen molar-refractivity contribution in [2.24, 2.45) is 17.4 Å². The molecular formula is C18H33N5O8. The van der Waals surface area contributed by atoms with E-state index in [1.807, 2.05) is 5.32 Å². The molecule has 0 heterocycles. The van der Waals surface area contributed by atoms with Gasteiger partial charge in [0.25, 0.3) is 0 Å². The van der Waals surface area contributed by atoms with Crippen molar-refractivity contribution in [3.63, 3.8) is 0 Å². The fraction of sp³-hybridized carbons (Fsp3) is 0.722. The maximum absolute atomic E-state index is 12.7. The minimum Gasteiger partial charge on any atom is -0.481 e. The van der Waals surface area contributed by atoms with Crippen LogP contribution >= 0.6 is 0 Å². The molecule has 0 aliphatic heterocycles. The fourth-order valence-corrected chi connectivity index (χ4v) is 2.54. The Morgan fingerprint density at radius 1 is 0.871 bits per heavy atom. The zero-order chi connectivity index (χ0) is 24.1. The number of nitrogens with one attached hydrogen (secondary N) is 3. The van der Waals surface area contributed by atoms with Crippen LogP contribution in [-0.4, -0.2) is 82.3 Å². The number of unbranched alkanes of at least 4 members (excludes halogenated alkanes) is 1. The summed E-state index contributed by atoms with van der Waals surface area (Å²) in [6.45, 7) is 2.78. The van der Waals surface area contributed by atoms with Crippen LogP contribution in [0.15, 0.2) is 0 Å². The van der Waals surface area contributed by atoms with Gasteiger partial charge in [-0.05, 0) is 25.3 Å². The predicted molar refractivity (Wildman–Crippen MR) is 108 cm³/mol. The van der Waals surface area contributed by atoms with Crippen LogP contribution in [-0.2, 0) is 24.0 Å².